The number of benzene rings is 2. The summed E-state index contributed by atoms with van der Waals surface area (Å²) in [6.45, 7) is 1.07. The largest absolute Gasteiger partial charge is 0.376 e. The van der Waals surface area contributed by atoms with Crippen LogP contribution in [0.2, 0.25) is 0 Å². The second-order valence-corrected chi connectivity index (χ2v) is 5.87. The molecule has 0 unspecified atom stereocenters. The highest BCUT2D eigenvalue weighted by Gasteiger charge is 2.34. The first kappa shape index (κ1) is 14.9. The molecule has 0 bridgehead atoms. The van der Waals surface area contributed by atoms with E-state index in [0.717, 1.165) is 11.1 Å². The number of carbonyl (C=O) groups excluding carboxylic acids is 1. The third kappa shape index (κ3) is 3.60. The monoisotopic (exact) mass is 298 g/mol. The minimum absolute atomic E-state index is 0.0685. The van der Waals surface area contributed by atoms with Crippen LogP contribution in [-0.2, 0) is 16.1 Å². The summed E-state index contributed by atoms with van der Waals surface area (Å²) < 4.78 is 19.2. The van der Waals surface area contributed by atoms with E-state index >= 15 is 0 Å². The molecule has 114 valence electrons. The lowest BCUT2D eigenvalue weighted by molar-refractivity contribution is -0.117. The summed E-state index contributed by atoms with van der Waals surface area (Å²) in [6, 6.07) is 16.5. The van der Waals surface area contributed by atoms with Crippen LogP contribution in [0.25, 0.3) is 0 Å². The number of rotatable bonds is 5. The van der Waals surface area contributed by atoms with Gasteiger partial charge in [-0.15, -0.1) is 0 Å². The molecule has 1 aliphatic rings. The second-order valence-electron chi connectivity index (χ2n) is 5.87. The summed E-state index contributed by atoms with van der Waals surface area (Å²) in [6.07, 6.45) is 1.01. The molecule has 0 saturated heterocycles. The van der Waals surface area contributed by atoms with Crippen LogP contribution in [0, 0.1) is 11.7 Å². The first-order valence-corrected chi connectivity index (χ1v) is 7.61. The highest BCUT2D eigenvalue weighted by atomic mass is 19.1. The maximum Gasteiger partial charge on any atom is 0.133 e. The van der Waals surface area contributed by atoms with Gasteiger partial charge in [0.25, 0.3) is 0 Å². The zero-order valence-corrected chi connectivity index (χ0v) is 12.4. The topological polar surface area (TPSA) is 26.3 Å². The third-order valence-electron chi connectivity index (χ3n) is 4.23. The first-order chi connectivity index (χ1) is 10.7. The van der Waals surface area contributed by atoms with Crippen molar-refractivity contribution in [2.24, 2.45) is 5.92 Å². The quantitative estimate of drug-likeness (QED) is 0.830. The van der Waals surface area contributed by atoms with Crippen LogP contribution in [0.5, 0.6) is 0 Å². The normalized spacial score (nSPS) is 21.2. The number of ketones is 1. The Morgan fingerprint density at radius 1 is 1.05 bits per heavy atom. The number of hydrogen-bond acceptors (Lipinski definition) is 2. The predicted octanol–water partition coefficient (Wildman–Crippen LogP) is 4.11. The minimum atomic E-state index is -0.249. The number of carbonyl (C=O) groups is 1. The Labute approximate surface area is 129 Å². The third-order valence-corrected chi connectivity index (χ3v) is 4.23. The van der Waals surface area contributed by atoms with Gasteiger partial charge in [0.2, 0.25) is 0 Å². The van der Waals surface area contributed by atoms with Crippen molar-refractivity contribution in [1.82, 2.24) is 0 Å². The van der Waals surface area contributed by atoms with Gasteiger partial charge in [-0.05, 0) is 35.1 Å². The summed E-state index contributed by atoms with van der Waals surface area (Å²) in [5.74, 6) is 0.195. The van der Waals surface area contributed by atoms with Crippen molar-refractivity contribution in [2.45, 2.75) is 25.4 Å². The fourth-order valence-electron chi connectivity index (χ4n) is 3.13. The Balaban J connectivity index is 1.62. The number of halogens is 1. The molecule has 2 aromatic carbocycles. The highest BCUT2D eigenvalue weighted by molar-refractivity contribution is 5.82. The van der Waals surface area contributed by atoms with E-state index in [4.69, 9.17) is 4.74 Å². The average molecular weight is 298 g/mol. The molecule has 22 heavy (non-hydrogen) atoms. The van der Waals surface area contributed by atoms with E-state index in [0.29, 0.717) is 26.1 Å². The molecule has 3 rings (SSSR count). The Bertz CT molecular complexity index is 639. The smallest absolute Gasteiger partial charge is 0.133 e. The first-order valence-electron chi connectivity index (χ1n) is 7.61. The Hall–Kier alpha value is -2.00. The summed E-state index contributed by atoms with van der Waals surface area (Å²) in [5, 5.41) is 0. The van der Waals surface area contributed by atoms with Gasteiger partial charge in [-0.1, -0.05) is 42.5 Å². The minimum Gasteiger partial charge on any atom is -0.376 e. The van der Waals surface area contributed by atoms with Crippen LogP contribution < -0.4 is 0 Å². The zero-order valence-electron chi connectivity index (χ0n) is 12.4. The van der Waals surface area contributed by atoms with Crippen LogP contribution in [-0.4, -0.2) is 12.4 Å². The van der Waals surface area contributed by atoms with Crippen LogP contribution >= 0.6 is 0 Å². The van der Waals surface area contributed by atoms with E-state index in [1.807, 2.05) is 36.4 Å². The molecule has 0 spiro atoms. The van der Waals surface area contributed by atoms with E-state index in [9.17, 15) is 9.18 Å². The summed E-state index contributed by atoms with van der Waals surface area (Å²) in [7, 11) is 0. The van der Waals surface area contributed by atoms with Crippen molar-refractivity contribution < 1.29 is 13.9 Å². The molecule has 0 N–H and O–H groups in total. The van der Waals surface area contributed by atoms with Gasteiger partial charge in [0, 0.05) is 12.8 Å². The van der Waals surface area contributed by atoms with Crippen molar-refractivity contribution in [3.63, 3.8) is 0 Å². The van der Waals surface area contributed by atoms with E-state index in [1.54, 1.807) is 6.07 Å². The summed E-state index contributed by atoms with van der Waals surface area (Å²) in [5.41, 5.74) is 2.02. The highest BCUT2D eigenvalue weighted by Crippen LogP contribution is 2.38. The molecular formula is C19H19FO2. The van der Waals surface area contributed by atoms with Gasteiger partial charge in [-0.2, -0.15) is 0 Å². The molecule has 1 aliphatic carbocycles. The number of hydrogen-bond donors (Lipinski definition) is 0. The van der Waals surface area contributed by atoms with Gasteiger partial charge < -0.3 is 4.74 Å². The van der Waals surface area contributed by atoms with E-state index in [1.165, 1.54) is 12.1 Å². The fraction of sp³-hybridized carbons (Fsp3) is 0.316. The Morgan fingerprint density at radius 2 is 1.86 bits per heavy atom. The van der Waals surface area contributed by atoms with Gasteiger partial charge in [0.05, 0.1) is 13.2 Å². The zero-order chi connectivity index (χ0) is 15.4. The van der Waals surface area contributed by atoms with Crippen LogP contribution in [0.4, 0.5) is 4.39 Å². The van der Waals surface area contributed by atoms with Crippen LogP contribution in [0.3, 0.4) is 0 Å². The standard InChI is InChI=1S/C19H19FO2/c20-17-8-4-7-15(9-17)19-11-18(21)10-16(19)13-22-12-14-5-2-1-3-6-14/h1-9,16,19H,10-13H2/t16-,19-/m1/s1. The van der Waals surface area contributed by atoms with Crippen LogP contribution in [0.15, 0.2) is 54.6 Å². The van der Waals surface area contributed by atoms with Crippen molar-refractivity contribution in [2.75, 3.05) is 6.61 Å². The lowest BCUT2D eigenvalue weighted by atomic mass is 9.89. The van der Waals surface area contributed by atoms with Crippen molar-refractivity contribution in [1.29, 1.82) is 0 Å². The van der Waals surface area contributed by atoms with E-state index < -0.39 is 0 Å². The number of ether oxygens (including phenoxy) is 1. The maximum absolute atomic E-state index is 13.4. The van der Waals surface area contributed by atoms with E-state index in [2.05, 4.69) is 0 Å². The molecular weight excluding hydrogens is 279 g/mol. The second kappa shape index (κ2) is 6.84. The lowest BCUT2D eigenvalue weighted by Gasteiger charge is -2.19. The van der Waals surface area contributed by atoms with Gasteiger partial charge >= 0.3 is 0 Å². The molecule has 3 heteroatoms. The van der Waals surface area contributed by atoms with Crippen molar-refractivity contribution in [3.8, 4) is 0 Å². The molecule has 1 fully saturated rings. The van der Waals surface area contributed by atoms with Gasteiger partial charge in [0.1, 0.15) is 11.6 Å². The average Bonchev–Trinajstić information content (AvgIpc) is 2.89. The molecule has 0 amide bonds. The van der Waals surface area contributed by atoms with E-state index in [-0.39, 0.29) is 23.4 Å². The van der Waals surface area contributed by atoms with Gasteiger partial charge in [-0.3, -0.25) is 4.79 Å². The van der Waals surface area contributed by atoms with Gasteiger partial charge in [0.15, 0.2) is 0 Å². The van der Waals surface area contributed by atoms with Gasteiger partial charge in [-0.25, -0.2) is 4.39 Å². The molecule has 0 heterocycles. The molecule has 2 atom stereocenters. The molecule has 0 radical (unpaired) electrons. The SMILES string of the molecule is O=C1C[C@H](COCc2ccccc2)[C@@H](c2cccc(F)c2)C1. The molecule has 1 saturated carbocycles. The molecule has 0 aromatic heterocycles. The van der Waals surface area contributed by atoms with Crippen LogP contribution in [0.1, 0.15) is 29.9 Å². The summed E-state index contributed by atoms with van der Waals surface area (Å²) >= 11 is 0. The summed E-state index contributed by atoms with van der Waals surface area (Å²) in [4.78, 5) is 11.8. The lowest BCUT2D eigenvalue weighted by Crippen LogP contribution is -2.13. The molecule has 2 nitrogen and oxygen atoms in total. The number of Topliss-reactive ketones (excluding diaryl/α,β-unsaturated/α-hetero) is 1. The predicted molar refractivity (Wildman–Crippen MR) is 83.0 cm³/mol. The Morgan fingerprint density at radius 3 is 2.64 bits per heavy atom. The maximum atomic E-state index is 13.4. The van der Waals surface area contributed by atoms with Crippen molar-refractivity contribution >= 4 is 5.78 Å². The Kier molecular flexibility index (Phi) is 4.64. The molecule has 2 aromatic rings. The molecule has 0 aliphatic heterocycles. The van der Waals surface area contributed by atoms with Crippen molar-refractivity contribution in [3.05, 3.63) is 71.5 Å². The fourth-order valence-corrected chi connectivity index (χ4v) is 3.13.